The number of hydrogen-bond acceptors (Lipinski definition) is 6. The first-order chi connectivity index (χ1) is 19.3. The fourth-order valence-corrected chi connectivity index (χ4v) is 5.10. The van der Waals surface area contributed by atoms with Crippen molar-refractivity contribution in [3.8, 4) is 0 Å². The molecule has 0 unspecified atom stereocenters. The first-order valence-corrected chi connectivity index (χ1v) is 14.1. The average Bonchev–Trinajstić information content (AvgIpc) is 3.66. The predicted molar refractivity (Wildman–Crippen MR) is 154 cm³/mol. The van der Waals surface area contributed by atoms with Gasteiger partial charge in [0.15, 0.2) is 0 Å². The van der Waals surface area contributed by atoms with Crippen LogP contribution in [0.4, 0.5) is 18.0 Å². The second-order valence-corrected chi connectivity index (χ2v) is 11.8. The lowest BCUT2D eigenvalue weighted by Crippen LogP contribution is -2.58. The molecule has 1 amide bonds. The highest BCUT2D eigenvalue weighted by Crippen LogP contribution is 2.47. The first-order valence-electron chi connectivity index (χ1n) is 14.1. The molecule has 7 nitrogen and oxygen atoms in total. The molecule has 2 heterocycles. The Morgan fingerprint density at radius 1 is 1.12 bits per heavy atom. The highest BCUT2D eigenvalue weighted by Gasteiger charge is 2.55. The molecule has 222 valence electrons. The van der Waals surface area contributed by atoms with Crippen LogP contribution in [0.5, 0.6) is 0 Å². The zero-order chi connectivity index (χ0) is 30.0. The molecule has 2 aromatic rings. The number of alkyl halides is 3. The molecule has 1 N–H and O–H groups in total. The van der Waals surface area contributed by atoms with Crippen molar-refractivity contribution in [3.05, 3.63) is 70.8 Å². The number of amides is 1. The number of benzene rings is 1. The molecule has 1 aliphatic carbocycles. The lowest BCUT2D eigenvalue weighted by molar-refractivity contribution is -0.0908. The summed E-state index contributed by atoms with van der Waals surface area (Å²) in [7, 11) is 0. The smallest absolute Gasteiger partial charge is 0.418 e. The third kappa shape index (κ3) is 7.21. The zero-order valence-corrected chi connectivity index (χ0v) is 24.7. The summed E-state index contributed by atoms with van der Waals surface area (Å²) in [6.07, 6.45) is 3.12. The fourth-order valence-electron chi connectivity index (χ4n) is 5.10. The van der Waals surface area contributed by atoms with Gasteiger partial charge >= 0.3 is 12.3 Å². The Labute approximate surface area is 240 Å². The molecule has 1 spiro atoms. The number of carbonyl (C=O) groups is 1. The Morgan fingerprint density at radius 2 is 1.80 bits per heavy atom. The summed E-state index contributed by atoms with van der Waals surface area (Å²) >= 11 is 0. The molecule has 0 atom stereocenters. The standard InChI is InChI=1S/C31H40F3N5O2/c1-7-21(3)17-23(31(32,33)34)27(24(8-2)37-19-22-9-10-25-26(18-22)36-14-13-35-25)38-15-16-39(30(20-38)11-12-30)28(40)41-29(4,5)6/h8-10,13-14,17-18,37H,7,11-12,15-16,19-20H2,1-6H3/b21-17+,24-8+,27-23-. The second-order valence-electron chi connectivity index (χ2n) is 11.8. The Kier molecular flexibility index (Phi) is 8.70. The van der Waals surface area contributed by atoms with E-state index in [0.29, 0.717) is 30.8 Å². The van der Waals surface area contributed by atoms with Gasteiger partial charge in [-0.1, -0.05) is 24.6 Å². The minimum absolute atomic E-state index is 0.100. The van der Waals surface area contributed by atoms with Crippen LogP contribution in [0.25, 0.3) is 11.0 Å². The molecule has 2 aliphatic rings. The lowest BCUT2D eigenvalue weighted by atomic mass is 10.0. The summed E-state index contributed by atoms with van der Waals surface area (Å²) in [5.74, 6) is 0. The van der Waals surface area contributed by atoms with Crippen molar-refractivity contribution in [1.82, 2.24) is 25.1 Å². The summed E-state index contributed by atoms with van der Waals surface area (Å²) in [6.45, 7) is 11.9. The highest BCUT2D eigenvalue weighted by molar-refractivity contribution is 5.74. The number of nitrogens with one attached hydrogen (secondary N) is 1. The van der Waals surface area contributed by atoms with E-state index in [1.54, 1.807) is 42.1 Å². The van der Waals surface area contributed by atoms with Gasteiger partial charge < -0.3 is 15.0 Å². The Morgan fingerprint density at radius 3 is 2.39 bits per heavy atom. The minimum atomic E-state index is -4.58. The van der Waals surface area contributed by atoms with Crippen LogP contribution < -0.4 is 5.32 Å². The van der Waals surface area contributed by atoms with Crippen LogP contribution in [0.3, 0.4) is 0 Å². The van der Waals surface area contributed by atoms with Crippen LogP contribution in [-0.2, 0) is 11.3 Å². The number of carbonyl (C=O) groups excluding carboxylic acids is 1. The molecule has 1 saturated heterocycles. The third-order valence-corrected chi connectivity index (χ3v) is 7.48. The topological polar surface area (TPSA) is 70.6 Å². The van der Waals surface area contributed by atoms with E-state index in [2.05, 4.69) is 15.3 Å². The molecule has 0 radical (unpaired) electrons. The number of nitrogens with zero attached hydrogens (tertiary/aromatic N) is 4. The van der Waals surface area contributed by atoms with Gasteiger partial charge in [-0.3, -0.25) is 14.9 Å². The van der Waals surface area contributed by atoms with E-state index in [1.165, 1.54) is 6.08 Å². The molecule has 1 aromatic heterocycles. The number of rotatable bonds is 7. The average molecular weight is 572 g/mol. The van der Waals surface area contributed by atoms with Crippen LogP contribution in [-0.4, -0.2) is 62.8 Å². The van der Waals surface area contributed by atoms with E-state index in [4.69, 9.17) is 4.74 Å². The van der Waals surface area contributed by atoms with Gasteiger partial charge in [-0.05, 0) is 77.7 Å². The van der Waals surface area contributed by atoms with Crippen molar-refractivity contribution in [1.29, 1.82) is 0 Å². The molecular weight excluding hydrogens is 531 g/mol. The number of piperazine rings is 1. The number of allylic oxidation sites excluding steroid dienone is 4. The molecule has 41 heavy (non-hydrogen) atoms. The normalized spacial score (nSPS) is 18.5. The number of aromatic nitrogens is 2. The maximum absolute atomic E-state index is 14.8. The van der Waals surface area contributed by atoms with Gasteiger partial charge in [0.25, 0.3) is 0 Å². The van der Waals surface area contributed by atoms with Crippen molar-refractivity contribution in [2.45, 2.75) is 84.7 Å². The van der Waals surface area contributed by atoms with Gasteiger partial charge in [0.1, 0.15) is 5.60 Å². The third-order valence-electron chi connectivity index (χ3n) is 7.48. The van der Waals surface area contributed by atoms with Crippen molar-refractivity contribution in [3.63, 3.8) is 0 Å². The van der Waals surface area contributed by atoms with E-state index in [-0.39, 0.29) is 18.8 Å². The minimum Gasteiger partial charge on any atom is -0.444 e. The van der Waals surface area contributed by atoms with Crippen LogP contribution in [0, 0.1) is 0 Å². The molecule has 1 aliphatic heterocycles. The van der Waals surface area contributed by atoms with Crippen molar-refractivity contribution in [2.75, 3.05) is 19.6 Å². The van der Waals surface area contributed by atoms with E-state index in [0.717, 1.165) is 29.4 Å². The van der Waals surface area contributed by atoms with Crippen LogP contribution in [0.1, 0.15) is 66.4 Å². The summed E-state index contributed by atoms with van der Waals surface area (Å²) in [4.78, 5) is 25.2. The van der Waals surface area contributed by atoms with E-state index in [1.807, 2.05) is 45.9 Å². The summed E-state index contributed by atoms with van der Waals surface area (Å²) < 4.78 is 50.0. The number of ether oxygens (including phenoxy) is 1. The SMILES string of the molecule is C\C=C(NCc1ccc2nccnc2c1)/C(=C(\C=C(/C)CC)C(F)(F)F)N1CCN(C(=O)OC(C)(C)C)C2(CC2)C1. The largest absolute Gasteiger partial charge is 0.444 e. The molecular formula is C31H40F3N5O2. The monoisotopic (exact) mass is 571 g/mol. The Hall–Kier alpha value is -3.56. The second kappa shape index (κ2) is 11.7. The van der Waals surface area contributed by atoms with Crippen molar-refractivity contribution >= 4 is 17.1 Å². The van der Waals surface area contributed by atoms with Gasteiger partial charge in [-0.15, -0.1) is 0 Å². The highest BCUT2D eigenvalue weighted by atomic mass is 19.4. The van der Waals surface area contributed by atoms with E-state index >= 15 is 0 Å². The zero-order valence-electron chi connectivity index (χ0n) is 24.7. The molecule has 0 bridgehead atoms. The summed E-state index contributed by atoms with van der Waals surface area (Å²) in [6, 6.07) is 5.63. The molecule has 4 rings (SSSR count). The van der Waals surface area contributed by atoms with Gasteiger partial charge in [0.05, 0.1) is 33.5 Å². The number of hydrogen-bond donors (Lipinski definition) is 1. The molecule has 10 heteroatoms. The summed E-state index contributed by atoms with van der Waals surface area (Å²) in [5.41, 5.74) is 1.58. The van der Waals surface area contributed by atoms with Crippen LogP contribution in [0.15, 0.2) is 65.3 Å². The summed E-state index contributed by atoms with van der Waals surface area (Å²) in [5, 5.41) is 3.28. The van der Waals surface area contributed by atoms with Gasteiger partial charge in [0, 0.05) is 38.6 Å². The van der Waals surface area contributed by atoms with E-state index < -0.39 is 29.0 Å². The Balaban J connectivity index is 1.69. The van der Waals surface area contributed by atoms with E-state index in [9.17, 15) is 18.0 Å². The van der Waals surface area contributed by atoms with Gasteiger partial charge in [-0.2, -0.15) is 13.2 Å². The Bertz CT molecular complexity index is 1370. The maximum atomic E-state index is 14.8. The first kappa shape index (κ1) is 30.4. The predicted octanol–water partition coefficient (Wildman–Crippen LogP) is 6.88. The number of halogens is 3. The molecule has 1 saturated carbocycles. The van der Waals surface area contributed by atoms with Gasteiger partial charge in [-0.25, -0.2) is 4.79 Å². The van der Waals surface area contributed by atoms with Crippen molar-refractivity contribution < 1.29 is 22.7 Å². The van der Waals surface area contributed by atoms with Crippen LogP contribution >= 0.6 is 0 Å². The number of fused-ring (bicyclic) bond motifs is 1. The molecule has 1 aromatic carbocycles. The fraction of sp³-hybridized carbons (Fsp3) is 0.516. The van der Waals surface area contributed by atoms with Crippen molar-refractivity contribution in [2.24, 2.45) is 0 Å². The molecule has 2 fully saturated rings. The maximum Gasteiger partial charge on any atom is 0.418 e. The van der Waals surface area contributed by atoms with Gasteiger partial charge in [0.2, 0.25) is 0 Å². The van der Waals surface area contributed by atoms with Crippen LogP contribution in [0.2, 0.25) is 0 Å². The lowest BCUT2D eigenvalue weighted by Gasteiger charge is -2.45. The quantitative estimate of drug-likeness (QED) is 0.366.